The van der Waals surface area contributed by atoms with Gasteiger partial charge in [0.2, 0.25) is 0 Å². The maximum Gasteiger partial charge on any atom is 0.132 e. The molecule has 0 heterocycles. The van der Waals surface area contributed by atoms with Gasteiger partial charge in [-0.2, -0.15) is 0 Å². The van der Waals surface area contributed by atoms with E-state index in [1.807, 2.05) is 60.7 Å². The summed E-state index contributed by atoms with van der Waals surface area (Å²) in [4.78, 5) is 4.73. The average molecular weight is 453 g/mol. The average Bonchev–Trinajstić information content (AvgIpc) is 2.91. The molecule has 0 saturated heterocycles. The van der Waals surface area contributed by atoms with Crippen molar-refractivity contribution in [3.63, 3.8) is 0 Å². The molecule has 0 saturated carbocycles. The molecular weight excluding hydrogens is 428 g/mol. The highest BCUT2D eigenvalue weighted by Gasteiger charge is 2.09. The van der Waals surface area contributed by atoms with Gasteiger partial charge in [-0.25, -0.2) is 0 Å². The van der Waals surface area contributed by atoms with Crippen LogP contribution in [0.15, 0.2) is 120 Å². The fraction of sp³-hybridized carbons (Fsp3) is 0.0312. The summed E-state index contributed by atoms with van der Waals surface area (Å²) in [5, 5.41) is 21.2. The quantitative estimate of drug-likeness (QED) is 0.204. The number of anilines is 1. The van der Waals surface area contributed by atoms with E-state index in [1.54, 1.807) is 6.21 Å². The summed E-state index contributed by atoms with van der Waals surface area (Å²) in [5.74, 6) is 0.250. The number of nitrogens with zero attached hydrogens (tertiary/aromatic N) is 1. The summed E-state index contributed by atoms with van der Waals surface area (Å²) < 4.78 is 0. The molecule has 2 N–H and O–H groups in total. The Morgan fingerprint density at radius 1 is 0.629 bits per heavy atom. The molecule has 0 unspecified atom stereocenters. The molecule has 0 radical (unpaired) electrons. The van der Waals surface area contributed by atoms with Gasteiger partial charge in [0.05, 0.1) is 11.4 Å². The summed E-state index contributed by atoms with van der Waals surface area (Å²) in [7, 11) is 0. The van der Waals surface area contributed by atoms with Crippen molar-refractivity contribution in [1.29, 1.82) is 0 Å². The van der Waals surface area contributed by atoms with Crippen molar-refractivity contribution in [2.75, 3.05) is 5.32 Å². The zero-order chi connectivity index (χ0) is 23.6. The molecule has 0 aliphatic rings. The van der Waals surface area contributed by atoms with Gasteiger partial charge in [0.25, 0.3) is 0 Å². The van der Waals surface area contributed by atoms with E-state index in [2.05, 4.69) is 59.9 Å². The van der Waals surface area contributed by atoms with Crippen LogP contribution in [0.2, 0.25) is 0 Å². The van der Waals surface area contributed by atoms with Gasteiger partial charge < -0.3 is 10.4 Å². The van der Waals surface area contributed by atoms with Gasteiger partial charge in [-0.1, -0.05) is 91.0 Å². The minimum Gasteiger partial charge on any atom is -0.507 e. The maximum atomic E-state index is 10.7. The van der Waals surface area contributed by atoms with Crippen LogP contribution >= 0.6 is 0 Å². The molecule has 0 aliphatic heterocycles. The number of fused-ring (bicyclic) bond motifs is 3. The first kappa shape index (κ1) is 20.9. The second kappa shape index (κ2) is 8.96. The minimum absolute atomic E-state index is 0.250. The van der Waals surface area contributed by atoms with Gasteiger partial charge in [0.1, 0.15) is 5.75 Å². The Morgan fingerprint density at radius 2 is 1.23 bits per heavy atom. The van der Waals surface area contributed by atoms with Gasteiger partial charge in [0, 0.05) is 23.7 Å². The summed E-state index contributed by atoms with van der Waals surface area (Å²) in [6, 6.07) is 39.0. The van der Waals surface area contributed by atoms with E-state index < -0.39 is 0 Å². The first-order valence-corrected chi connectivity index (χ1v) is 11.7. The molecular formula is C32H24N2O. The summed E-state index contributed by atoms with van der Waals surface area (Å²) >= 11 is 0. The molecule has 3 heteroatoms. The number of para-hydroxylation sites is 2. The van der Waals surface area contributed by atoms with Gasteiger partial charge >= 0.3 is 0 Å². The number of aliphatic imine (C=N–C) groups is 1. The smallest absolute Gasteiger partial charge is 0.132 e. The molecule has 0 spiro atoms. The Morgan fingerprint density at radius 3 is 1.97 bits per heavy atom. The number of phenols is 1. The van der Waals surface area contributed by atoms with Crippen molar-refractivity contribution in [1.82, 2.24) is 0 Å². The highest BCUT2D eigenvalue weighted by Crippen LogP contribution is 2.32. The van der Waals surface area contributed by atoms with Gasteiger partial charge in [-0.15, -0.1) is 0 Å². The predicted molar refractivity (Wildman–Crippen MR) is 148 cm³/mol. The van der Waals surface area contributed by atoms with E-state index in [0.717, 1.165) is 22.1 Å². The number of phenolic OH excluding ortho intramolecular Hbond substituents is 1. The van der Waals surface area contributed by atoms with Gasteiger partial charge in [0.15, 0.2) is 0 Å². The lowest BCUT2D eigenvalue weighted by molar-refractivity contribution is 0.481. The number of rotatable bonds is 5. The second-order valence-corrected chi connectivity index (χ2v) is 8.65. The maximum absolute atomic E-state index is 10.7. The molecule has 35 heavy (non-hydrogen) atoms. The monoisotopic (exact) mass is 452 g/mol. The molecule has 0 aromatic heterocycles. The summed E-state index contributed by atoms with van der Waals surface area (Å²) in [6.45, 7) is 0.676. The van der Waals surface area contributed by atoms with Crippen molar-refractivity contribution < 1.29 is 5.11 Å². The van der Waals surface area contributed by atoms with E-state index in [0.29, 0.717) is 12.1 Å². The third kappa shape index (κ3) is 3.98. The highest BCUT2D eigenvalue weighted by atomic mass is 16.3. The molecule has 0 atom stereocenters. The van der Waals surface area contributed by atoms with Crippen molar-refractivity contribution >= 4 is 49.9 Å². The lowest BCUT2D eigenvalue weighted by atomic mass is 9.96. The second-order valence-electron chi connectivity index (χ2n) is 8.65. The van der Waals surface area contributed by atoms with Crippen molar-refractivity contribution in [2.24, 2.45) is 4.99 Å². The Labute approximate surface area is 204 Å². The van der Waals surface area contributed by atoms with Crippen molar-refractivity contribution in [2.45, 2.75) is 6.54 Å². The Hall–Kier alpha value is -4.63. The fourth-order valence-electron chi connectivity index (χ4n) is 4.73. The normalized spacial score (nSPS) is 11.5. The molecule has 6 aromatic carbocycles. The van der Waals surface area contributed by atoms with Crippen LogP contribution in [0.4, 0.5) is 11.4 Å². The topological polar surface area (TPSA) is 44.6 Å². The van der Waals surface area contributed by atoms with Crippen LogP contribution in [0, 0.1) is 0 Å². The number of benzene rings is 6. The lowest BCUT2D eigenvalue weighted by Crippen LogP contribution is -2.01. The van der Waals surface area contributed by atoms with Crippen LogP contribution in [0.25, 0.3) is 32.3 Å². The number of nitrogens with one attached hydrogen (secondary N) is 1. The zero-order valence-electron chi connectivity index (χ0n) is 19.1. The molecule has 0 amide bonds. The van der Waals surface area contributed by atoms with Crippen LogP contribution in [-0.4, -0.2) is 11.3 Å². The summed E-state index contributed by atoms with van der Waals surface area (Å²) in [6.07, 6.45) is 1.73. The largest absolute Gasteiger partial charge is 0.507 e. The number of hydrogen-bond acceptors (Lipinski definition) is 3. The molecule has 0 bridgehead atoms. The van der Waals surface area contributed by atoms with Crippen molar-refractivity contribution in [3.05, 3.63) is 126 Å². The van der Waals surface area contributed by atoms with Crippen LogP contribution in [0.1, 0.15) is 11.1 Å². The molecule has 6 rings (SSSR count). The van der Waals surface area contributed by atoms with Crippen molar-refractivity contribution in [3.8, 4) is 5.75 Å². The molecule has 3 nitrogen and oxygen atoms in total. The number of hydrogen-bond donors (Lipinski definition) is 2. The van der Waals surface area contributed by atoms with Crippen LogP contribution in [-0.2, 0) is 6.54 Å². The first-order chi connectivity index (χ1) is 17.3. The van der Waals surface area contributed by atoms with Gasteiger partial charge in [-0.05, 0) is 56.8 Å². The third-order valence-corrected chi connectivity index (χ3v) is 6.52. The number of aromatic hydroxyl groups is 1. The predicted octanol–water partition coefficient (Wildman–Crippen LogP) is 8.21. The SMILES string of the molecule is Oc1c(C=Nc2ccccc2NCc2c3ccccc3cc3ccccc23)ccc2ccccc12. The van der Waals surface area contributed by atoms with Crippen LogP contribution in [0.5, 0.6) is 5.75 Å². The van der Waals surface area contributed by atoms with E-state index in [4.69, 9.17) is 4.99 Å². The van der Waals surface area contributed by atoms with Gasteiger partial charge in [-0.3, -0.25) is 4.99 Å². The molecule has 168 valence electrons. The lowest BCUT2D eigenvalue weighted by Gasteiger charge is -2.14. The zero-order valence-corrected chi connectivity index (χ0v) is 19.1. The third-order valence-electron chi connectivity index (χ3n) is 6.52. The van der Waals surface area contributed by atoms with E-state index in [9.17, 15) is 5.11 Å². The first-order valence-electron chi connectivity index (χ1n) is 11.7. The standard InChI is InChI=1S/C32H24N2O/c35-32-25(18-17-22-9-1-6-14-28(22)32)20-33-30-15-7-8-16-31(30)34-21-29-26-12-4-2-10-23(26)19-24-11-3-5-13-27(24)29/h1-20,34-35H,21H2. The van der Waals surface area contributed by atoms with E-state index >= 15 is 0 Å². The highest BCUT2D eigenvalue weighted by molar-refractivity contribution is 6.02. The van der Waals surface area contributed by atoms with E-state index in [-0.39, 0.29) is 5.75 Å². The summed E-state index contributed by atoms with van der Waals surface area (Å²) in [5.41, 5.74) is 3.73. The Balaban J connectivity index is 1.34. The molecule has 0 aliphatic carbocycles. The molecule has 6 aromatic rings. The van der Waals surface area contributed by atoms with E-state index in [1.165, 1.54) is 27.1 Å². The van der Waals surface area contributed by atoms with Crippen LogP contribution < -0.4 is 5.32 Å². The Kier molecular flexibility index (Phi) is 5.36. The Bertz CT molecular complexity index is 1660. The minimum atomic E-state index is 0.250. The fourth-order valence-corrected chi connectivity index (χ4v) is 4.73. The van der Waals surface area contributed by atoms with Crippen LogP contribution in [0.3, 0.4) is 0 Å². The molecule has 0 fully saturated rings.